The first-order chi connectivity index (χ1) is 32.8. The third kappa shape index (κ3) is 17.6. The molecule has 6 rings (SSSR count). The lowest BCUT2D eigenvalue weighted by Crippen LogP contribution is -2.54. The summed E-state index contributed by atoms with van der Waals surface area (Å²) in [7, 11) is 0. The van der Waals surface area contributed by atoms with Crippen LogP contribution in [-0.4, -0.2) is 180 Å². The minimum absolute atomic E-state index is 0.0537. The van der Waals surface area contributed by atoms with Crippen LogP contribution in [0, 0.1) is 5.82 Å². The standard InChI is InChI=1S/C22H29N3O7.C13H9FN2O4.C8H20N2O3.CH2O2/c23-7-9-31-11-13-32-12-10-30-8-1-2-15-3-4-16-17(14-15)22(29)25(21(16)28)18-5-6-19(26)24-20(18)27;14-6-1-2-7-8(5-6)13(20)16(12(7)19)9-3-4-10(17)15-11(9)18;9-1-3-11-5-7-13-8-6-12-4-2-10;2-1-3/h3-4,14,18H,1-2,5-13,23H2,(H,24,26,27);1-2,5,9H,3-4H2,(H,15,17,18);1-10H2;1H,(H,2,3). The highest BCUT2D eigenvalue weighted by atomic mass is 19.1. The number of nitrogens with two attached hydrogens (primary N) is 3. The maximum Gasteiger partial charge on any atom is 0.290 e. The molecule has 2 aromatic carbocycles. The maximum absolute atomic E-state index is 13.2. The van der Waals surface area contributed by atoms with E-state index in [4.69, 9.17) is 55.5 Å². The number of carbonyl (C=O) groups excluding carboxylic acids is 8. The van der Waals surface area contributed by atoms with Gasteiger partial charge in [0.15, 0.2) is 0 Å². The van der Waals surface area contributed by atoms with Crippen molar-refractivity contribution in [2.75, 3.05) is 98.9 Å². The van der Waals surface area contributed by atoms with E-state index in [1.165, 1.54) is 6.07 Å². The Hall–Kier alpha value is -5.96. The first kappa shape index (κ1) is 56.4. The van der Waals surface area contributed by atoms with Crippen LogP contribution in [0.25, 0.3) is 0 Å². The number of hydrogen-bond donors (Lipinski definition) is 6. The number of amides is 8. The number of piperidine rings is 2. The van der Waals surface area contributed by atoms with Gasteiger partial charge in [-0.3, -0.25) is 63.6 Å². The fraction of sp³-hybridized carbons (Fsp3) is 0.523. The van der Waals surface area contributed by atoms with Gasteiger partial charge in [-0.15, -0.1) is 0 Å². The second-order valence-corrected chi connectivity index (χ2v) is 14.7. The minimum Gasteiger partial charge on any atom is -0.483 e. The Morgan fingerprint density at radius 2 is 0.897 bits per heavy atom. The molecule has 9 N–H and O–H groups in total. The summed E-state index contributed by atoms with van der Waals surface area (Å²) in [5.74, 6) is -5.10. The molecular formula is C44H60FN7O16. The molecule has 0 radical (unpaired) electrons. The zero-order valence-corrected chi connectivity index (χ0v) is 37.6. The molecule has 0 spiro atoms. The van der Waals surface area contributed by atoms with Gasteiger partial charge < -0.3 is 50.7 Å². The Balaban J connectivity index is 0.000000289. The van der Waals surface area contributed by atoms with Crippen LogP contribution in [0.5, 0.6) is 0 Å². The van der Waals surface area contributed by atoms with E-state index in [0.29, 0.717) is 111 Å². The molecule has 0 aromatic heterocycles. The van der Waals surface area contributed by atoms with Crippen molar-refractivity contribution < 1.29 is 81.1 Å². The number of carboxylic acid groups (broad SMARTS) is 1. The summed E-state index contributed by atoms with van der Waals surface area (Å²) in [4.78, 5) is 106. The molecule has 4 heterocycles. The Morgan fingerprint density at radius 3 is 1.29 bits per heavy atom. The quantitative estimate of drug-likeness (QED) is 0.0414. The number of benzene rings is 2. The molecule has 374 valence electrons. The molecule has 23 nitrogen and oxygen atoms in total. The van der Waals surface area contributed by atoms with Crippen LogP contribution in [0.3, 0.4) is 0 Å². The summed E-state index contributed by atoms with van der Waals surface area (Å²) in [5, 5.41) is 11.2. The Morgan fingerprint density at radius 1 is 0.544 bits per heavy atom. The second kappa shape index (κ2) is 31.2. The van der Waals surface area contributed by atoms with Crippen LogP contribution in [0.4, 0.5) is 4.39 Å². The topological polar surface area (TPSA) is 338 Å². The second-order valence-electron chi connectivity index (χ2n) is 14.7. The van der Waals surface area contributed by atoms with Crippen molar-refractivity contribution >= 4 is 53.7 Å². The van der Waals surface area contributed by atoms with E-state index in [-0.39, 0.29) is 48.8 Å². The normalized spacial score (nSPS) is 17.3. The van der Waals surface area contributed by atoms with Gasteiger partial charge in [-0.2, -0.15) is 0 Å². The van der Waals surface area contributed by atoms with Gasteiger partial charge in [-0.05, 0) is 61.6 Å². The van der Waals surface area contributed by atoms with E-state index in [2.05, 4.69) is 10.6 Å². The number of nitrogens with zero attached hydrogens (tertiary/aromatic N) is 2. The van der Waals surface area contributed by atoms with Gasteiger partial charge in [0, 0.05) is 39.1 Å². The van der Waals surface area contributed by atoms with E-state index in [9.17, 15) is 42.7 Å². The zero-order valence-electron chi connectivity index (χ0n) is 37.6. The lowest BCUT2D eigenvalue weighted by molar-refractivity contribution is -0.137. The number of aryl methyl sites for hydroxylation is 1. The Kier molecular flexibility index (Phi) is 25.8. The number of halogens is 1. The molecule has 2 fully saturated rings. The van der Waals surface area contributed by atoms with Crippen LogP contribution >= 0.6 is 0 Å². The summed E-state index contributed by atoms with van der Waals surface area (Å²) in [5.41, 5.74) is 17.3. The highest BCUT2D eigenvalue weighted by molar-refractivity contribution is 6.24. The summed E-state index contributed by atoms with van der Waals surface area (Å²) in [6.45, 7) is 7.94. The van der Waals surface area contributed by atoms with E-state index in [1.54, 1.807) is 12.1 Å². The van der Waals surface area contributed by atoms with Crippen molar-refractivity contribution in [1.82, 2.24) is 20.4 Å². The third-order valence-electron chi connectivity index (χ3n) is 9.93. The van der Waals surface area contributed by atoms with E-state index < -0.39 is 65.2 Å². The van der Waals surface area contributed by atoms with Gasteiger partial charge in [-0.1, -0.05) is 6.07 Å². The van der Waals surface area contributed by atoms with Gasteiger partial charge in [0.1, 0.15) is 17.9 Å². The van der Waals surface area contributed by atoms with Crippen LogP contribution < -0.4 is 27.8 Å². The van der Waals surface area contributed by atoms with Crippen molar-refractivity contribution in [2.24, 2.45) is 17.2 Å². The smallest absolute Gasteiger partial charge is 0.290 e. The van der Waals surface area contributed by atoms with Crippen LogP contribution in [0.2, 0.25) is 0 Å². The van der Waals surface area contributed by atoms with Gasteiger partial charge in [0.05, 0.1) is 94.9 Å². The number of carbonyl (C=O) groups is 9. The van der Waals surface area contributed by atoms with Gasteiger partial charge >= 0.3 is 0 Å². The predicted octanol–water partition coefficient (Wildman–Crippen LogP) is -1.09. The van der Waals surface area contributed by atoms with Crippen LogP contribution in [-0.2, 0) is 58.8 Å². The maximum atomic E-state index is 13.2. The summed E-state index contributed by atoms with van der Waals surface area (Å²) in [6.07, 6.45) is 1.81. The molecule has 2 atom stereocenters. The number of fused-ring (bicyclic) bond motifs is 2. The largest absolute Gasteiger partial charge is 0.483 e. The lowest BCUT2D eigenvalue weighted by atomic mass is 10.0. The molecule has 8 amide bonds. The molecule has 2 unspecified atom stereocenters. The molecule has 2 saturated heterocycles. The van der Waals surface area contributed by atoms with Crippen molar-refractivity contribution in [3.63, 3.8) is 0 Å². The Bertz CT molecular complexity index is 2030. The van der Waals surface area contributed by atoms with Crippen molar-refractivity contribution in [2.45, 2.75) is 50.6 Å². The molecule has 0 aliphatic carbocycles. The number of imide groups is 4. The molecule has 4 aliphatic heterocycles. The van der Waals surface area contributed by atoms with Crippen molar-refractivity contribution in [3.05, 3.63) is 70.0 Å². The van der Waals surface area contributed by atoms with Crippen LogP contribution in [0.1, 0.15) is 79.1 Å². The lowest BCUT2D eigenvalue weighted by Gasteiger charge is -2.27. The monoisotopic (exact) mass is 961 g/mol. The van der Waals surface area contributed by atoms with E-state index in [1.807, 2.05) is 6.07 Å². The summed E-state index contributed by atoms with van der Waals surface area (Å²) >= 11 is 0. The number of nitrogens with one attached hydrogen (secondary N) is 2. The average molecular weight is 962 g/mol. The zero-order chi connectivity index (χ0) is 49.8. The highest BCUT2D eigenvalue weighted by Crippen LogP contribution is 2.30. The van der Waals surface area contributed by atoms with Gasteiger partial charge in [0.25, 0.3) is 30.1 Å². The molecule has 0 bridgehead atoms. The molecule has 0 saturated carbocycles. The molecule has 2 aromatic rings. The van der Waals surface area contributed by atoms with Crippen molar-refractivity contribution in [1.29, 1.82) is 0 Å². The minimum atomic E-state index is -1.02. The number of hydrogen-bond acceptors (Lipinski definition) is 18. The fourth-order valence-electron chi connectivity index (χ4n) is 6.83. The number of ether oxygens (including phenoxy) is 6. The predicted molar refractivity (Wildman–Crippen MR) is 235 cm³/mol. The Labute approximate surface area is 391 Å². The molecule has 68 heavy (non-hydrogen) atoms. The highest BCUT2D eigenvalue weighted by Gasteiger charge is 2.46. The van der Waals surface area contributed by atoms with Crippen molar-refractivity contribution in [3.8, 4) is 0 Å². The third-order valence-corrected chi connectivity index (χ3v) is 9.93. The van der Waals surface area contributed by atoms with Crippen LogP contribution in [0.15, 0.2) is 36.4 Å². The average Bonchev–Trinajstić information content (AvgIpc) is 3.70. The summed E-state index contributed by atoms with van der Waals surface area (Å²) in [6, 6.07) is 6.43. The number of rotatable bonds is 24. The van der Waals surface area contributed by atoms with Gasteiger partial charge in [-0.25, -0.2) is 4.39 Å². The van der Waals surface area contributed by atoms with E-state index >= 15 is 0 Å². The summed E-state index contributed by atoms with van der Waals surface area (Å²) < 4.78 is 44.7. The molecule has 24 heteroatoms. The van der Waals surface area contributed by atoms with E-state index in [0.717, 1.165) is 33.9 Å². The first-order valence-corrected chi connectivity index (χ1v) is 21.8. The molecular weight excluding hydrogens is 902 g/mol. The van der Waals surface area contributed by atoms with Gasteiger partial charge in [0.2, 0.25) is 23.6 Å². The first-order valence-electron chi connectivity index (χ1n) is 21.8. The fourth-order valence-corrected chi connectivity index (χ4v) is 6.83. The SMILES string of the molecule is NCCOCCOCCOCCCc1ccc2c(c1)C(=O)N(C1CCC(=O)NC1=O)C2=O.NCCOCCOCCOCCN.O=C1CCC(N2C(=O)c3ccc(F)cc3C2=O)C(=O)N1.O=CO. The molecule has 4 aliphatic rings.